The fourth-order valence-corrected chi connectivity index (χ4v) is 3.18. The Balaban J connectivity index is 1.57. The van der Waals surface area contributed by atoms with Gasteiger partial charge in [0, 0.05) is 25.4 Å². The van der Waals surface area contributed by atoms with Crippen LogP contribution in [0.4, 0.5) is 4.39 Å². The van der Waals surface area contributed by atoms with E-state index < -0.39 is 0 Å². The molecule has 0 spiro atoms. The summed E-state index contributed by atoms with van der Waals surface area (Å²) in [6.45, 7) is 2.06. The SMILES string of the molecule is Cc1nccn1-c1ccc(CNC(=O)CCc2cccc(Cl)c2Cl)cc1F. The lowest BCUT2D eigenvalue weighted by Crippen LogP contribution is -2.23. The Morgan fingerprint density at radius 2 is 2.07 bits per heavy atom. The van der Waals surface area contributed by atoms with Crippen molar-refractivity contribution in [2.24, 2.45) is 0 Å². The quantitative estimate of drug-likeness (QED) is 0.635. The van der Waals surface area contributed by atoms with Crippen molar-refractivity contribution >= 4 is 29.1 Å². The molecule has 0 aliphatic rings. The fourth-order valence-electron chi connectivity index (χ4n) is 2.77. The van der Waals surface area contributed by atoms with Crippen molar-refractivity contribution < 1.29 is 9.18 Å². The minimum absolute atomic E-state index is 0.138. The number of carbonyl (C=O) groups excluding carboxylic acids is 1. The van der Waals surface area contributed by atoms with E-state index in [4.69, 9.17) is 23.2 Å². The van der Waals surface area contributed by atoms with Gasteiger partial charge in [-0.3, -0.25) is 4.79 Å². The number of amides is 1. The van der Waals surface area contributed by atoms with E-state index in [-0.39, 0.29) is 24.7 Å². The molecule has 7 heteroatoms. The zero-order chi connectivity index (χ0) is 19.4. The molecule has 0 aliphatic heterocycles. The van der Waals surface area contributed by atoms with Gasteiger partial charge in [-0.2, -0.15) is 0 Å². The summed E-state index contributed by atoms with van der Waals surface area (Å²) in [6, 6.07) is 10.2. The summed E-state index contributed by atoms with van der Waals surface area (Å²) in [6.07, 6.45) is 4.08. The van der Waals surface area contributed by atoms with E-state index in [1.54, 1.807) is 48.1 Å². The van der Waals surface area contributed by atoms with Crippen LogP contribution in [-0.4, -0.2) is 15.5 Å². The Labute approximate surface area is 166 Å². The number of rotatable bonds is 6. The maximum absolute atomic E-state index is 14.4. The standard InChI is InChI=1S/C20H18Cl2FN3O/c1-13-24-9-10-26(13)18-7-5-14(11-17(18)23)12-25-19(27)8-6-15-3-2-4-16(21)20(15)22/h2-5,7,9-11H,6,8,12H2,1H3,(H,25,27). The summed E-state index contributed by atoms with van der Waals surface area (Å²) in [5.41, 5.74) is 1.93. The lowest BCUT2D eigenvalue weighted by Gasteiger charge is -2.10. The van der Waals surface area contributed by atoms with Crippen molar-refractivity contribution in [3.8, 4) is 5.69 Å². The van der Waals surface area contributed by atoms with Crippen LogP contribution in [0.5, 0.6) is 0 Å². The Morgan fingerprint density at radius 1 is 1.26 bits per heavy atom. The van der Waals surface area contributed by atoms with Crippen LogP contribution < -0.4 is 5.32 Å². The number of aromatic nitrogens is 2. The average molecular weight is 406 g/mol. The highest BCUT2D eigenvalue weighted by atomic mass is 35.5. The van der Waals surface area contributed by atoms with Crippen LogP contribution in [-0.2, 0) is 17.8 Å². The predicted molar refractivity (Wildman–Crippen MR) is 105 cm³/mol. The first-order chi connectivity index (χ1) is 13.0. The number of nitrogens with zero attached hydrogens (tertiary/aromatic N) is 2. The molecule has 0 radical (unpaired) electrons. The largest absolute Gasteiger partial charge is 0.352 e. The van der Waals surface area contributed by atoms with E-state index in [1.165, 1.54) is 6.07 Å². The molecule has 27 heavy (non-hydrogen) atoms. The molecule has 1 N–H and O–H groups in total. The second kappa shape index (κ2) is 8.55. The van der Waals surface area contributed by atoms with Gasteiger partial charge in [0.15, 0.2) is 0 Å². The van der Waals surface area contributed by atoms with Gasteiger partial charge in [0.2, 0.25) is 5.91 Å². The monoisotopic (exact) mass is 405 g/mol. The lowest BCUT2D eigenvalue weighted by atomic mass is 10.1. The molecule has 0 saturated heterocycles. The van der Waals surface area contributed by atoms with Crippen molar-refractivity contribution in [3.63, 3.8) is 0 Å². The molecule has 1 aromatic heterocycles. The molecule has 3 rings (SSSR count). The predicted octanol–water partition coefficient (Wildman–Crippen LogP) is 4.88. The number of halogens is 3. The van der Waals surface area contributed by atoms with Gasteiger partial charge in [0.25, 0.3) is 0 Å². The number of carbonyl (C=O) groups is 1. The Hall–Kier alpha value is -2.37. The first-order valence-electron chi connectivity index (χ1n) is 8.44. The summed E-state index contributed by atoms with van der Waals surface area (Å²) >= 11 is 12.1. The van der Waals surface area contributed by atoms with Crippen LogP contribution in [0.15, 0.2) is 48.8 Å². The van der Waals surface area contributed by atoms with Crippen LogP contribution in [0, 0.1) is 12.7 Å². The van der Waals surface area contributed by atoms with Gasteiger partial charge in [0.1, 0.15) is 11.6 Å². The van der Waals surface area contributed by atoms with Gasteiger partial charge in [0.05, 0.1) is 15.7 Å². The third-order valence-electron chi connectivity index (χ3n) is 4.24. The number of hydrogen-bond donors (Lipinski definition) is 1. The van der Waals surface area contributed by atoms with Gasteiger partial charge < -0.3 is 9.88 Å². The van der Waals surface area contributed by atoms with Crippen molar-refractivity contribution in [1.82, 2.24) is 14.9 Å². The maximum Gasteiger partial charge on any atom is 0.220 e. The van der Waals surface area contributed by atoms with Crippen LogP contribution >= 0.6 is 23.2 Å². The molecule has 1 amide bonds. The highest BCUT2D eigenvalue weighted by Crippen LogP contribution is 2.26. The Morgan fingerprint density at radius 3 is 2.78 bits per heavy atom. The Kier molecular flexibility index (Phi) is 6.14. The van der Waals surface area contributed by atoms with E-state index in [9.17, 15) is 9.18 Å². The second-order valence-corrected chi connectivity index (χ2v) is 6.91. The molecule has 0 bridgehead atoms. The van der Waals surface area contributed by atoms with E-state index >= 15 is 0 Å². The average Bonchev–Trinajstić information content (AvgIpc) is 3.07. The number of hydrogen-bond acceptors (Lipinski definition) is 2. The summed E-state index contributed by atoms with van der Waals surface area (Å²) in [5, 5.41) is 3.74. The van der Waals surface area contributed by atoms with Crippen LogP contribution in [0.2, 0.25) is 10.0 Å². The first kappa shape index (κ1) is 19.4. The molecule has 140 valence electrons. The topological polar surface area (TPSA) is 46.9 Å². The highest BCUT2D eigenvalue weighted by Gasteiger charge is 2.10. The number of benzene rings is 2. The molecule has 1 heterocycles. The van der Waals surface area contributed by atoms with Gasteiger partial charge in [-0.25, -0.2) is 9.37 Å². The fraction of sp³-hybridized carbons (Fsp3) is 0.200. The summed E-state index contributed by atoms with van der Waals surface area (Å²) in [4.78, 5) is 16.2. The van der Waals surface area contributed by atoms with Gasteiger partial charge in [-0.15, -0.1) is 0 Å². The van der Waals surface area contributed by atoms with E-state index in [2.05, 4.69) is 10.3 Å². The third kappa shape index (κ3) is 4.67. The van der Waals surface area contributed by atoms with Crippen LogP contribution in [0.25, 0.3) is 5.69 Å². The highest BCUT2D eigenvalue weighted by molar-refractivity contribution is 6.42. The van der Waals surface area contributed by atoms with Gasteiger partial charge in [-0.1, -0.05) is 41.4 Å². The zero-order valence-corrected chi connectivity index (χ0v) is 16.2. The first-order valence-corrected chi connectivity index (χ1v) is 9.19. The third-order valence-corrected chi connectivity index (χ3v) is 5.10. The molecule has 0 atom stereocenters. The van der Waals surface area contributed by atoms with E-state index in [1.807, 2.05) is 6.07 Å². The normalized spacial score (nSPS) is 10.8. The van der Waals surface area contributed by atoms with Crippen LogP contribution in [0.1, 0.15) is 23.4 Å². The zero-order valence-electron chi connectivity index (χ0n) is 14.7. The van der Waals surface area contributed by atoms with E-state index in [0.717, 1.165) is 5.56 Å². The van der Waals surface area contributed by atoms with E-state index in [0.29, 0.717) is 33.5 Å². The molecule has 4 nitrogen and oxygen atoms in total. The summed E-state index contributed by atoms with van der Waals surface area (Å²) < 4.78 is 16.1. The van der Waals surface area contributed by atoms with Crippen molar-refractivity contribution in [2.75, 3.05) is 0 Å². The second-order valence-electron chi connectivity index (χ2n) is 6.12. The molecular weight excluding hydrogens is 388 g/mol. The minimum Gasteiger partial charge on any atom is -0.352 e. The Bertz CT molecular complexity index is 972. The molecular formula is C20H18Cl2FN3O. The molecule has 0 fully saturated rings. The maximum atomic E-state index is 14.4. The molecule has 0 unspecified atom stereocenters. The van der Waals surface area contributed by atoms with Gasteiger partial charge in [-0.05, 0) is 42.7 Å². The smallest absolute Gasteiger partial charge is 0.220 e. The number of imidazole rings is 1. The van der Waals surface area contributed by atoms with Crippen LogP contribution in [0.3, 0.4) is 0 Å². The summed E-state index contributed by atoms with van der Waals surface area (Å²) in [5.74, 6) is 0.198. The van der Waals surface area contributed by atoms with Gasteiger partial charge >= 0.3 is 0 Å². The molecule has 0 saturated carbocycles. The number of aryl methyl sites for hydroxylation is 2. The number of nitrogens with one attached hydrogen (secondary N) is 1. The minimum atomic E-state index is -0.367. The summed E-state index contributed by atoms with van der Waals surface area (Å²) in [7, 11) is 0. The lowest BCUT2D eigenvalue weighted by molar-refractivity contribution is -0.121. The molecule has 0 aliphatic carbocycles. The van der Waals surface area contributed by atoms with Crippen molar-refractivity contribution in [3.05, 3.63) is 81.6 Å². The van der Waals surface area contributed by atoms with Crippen molar-refractivity contribution in [2.45, 2.75) is 26.3 Å². The molecule has 3 aromatic rings. The van der Waals surface area contributed by atoms with Crippen molar-refractivity contribution in [1.29, 1.82) is 0 Å². The molecule has 2 aromatic carbocycles.